The van der Waals surface area contributed by atoms with Gasteiger partial charge in [0.25, 0.3) is 0 Å². The molecule has 0 spiro atoms. The van der Waals surface area contributed by atoms with E-state index in [1.807, 2.05) is 50.4 Å². The second-order valence-electron chi connectivity index (χ2n) is 3.89. The molecule has 0 aromatic heterocycles. The van der Waals surface area contributed by atoms with Crippen molar-refractivity contribution in [2.24, 2.45) is 4.99 Å². The molecule has 0 aliphatic heterocycles. The Bertz CT molecular complexity index is 426. The molecule has 0 saturated heterocycles. The van der Waals surface area contributed by atoms with E-state index in [2.05, 4.69) is 11.6 Å². The van der Waals surface area contributed by atoms with Gasteiger partial charge in [-0.25, -0.2) is 0 Å². The Morgan fingerprint density at radius 1 is 1.44 bits per heavy atom. The lowest BCUT2D eigenvalue weighted by molar-refractivity contribution is 1.36. The van der Waals surface area contributed by atoms with Crippen molar-refractivity contribution >= 4 is 24.6 Å². The quantitative estimate of drug-likeness (QED) is 0.534. The molecule has 0 fully saturated rings. The molecule has 0 aliphatic rings. The highest BCUT2D eigenvalue weighted by Gasteiger charge is 1.96. The lowest BCUT2D eigenvalue weighted by atomic mass is 9.92. The van der Waals surface area contributed by atoms with Crippen molar-refractivity contribution in [3.63, 3.8) is 0 Å². The zero-order chi connectivity index (χ0) is 12.0. The fourth-order valence-electron chi connectivity index (χ4n) is 1.27. The van der Waals surface area contributed by atoms with E-state index in [0.29, 0.717) is 0 Å². The van der Waals surface area contributed by atoms with Crippen LogP contribution in [0.4, 0.5) is 0 Å². The van der Waals surface area contributed by atoms with Gasteiger partial charge in [-0.1, -0.05) is 42.4 Å². The van der Waals surface area contributed by atoms with Crippen LogP contribution in [0.5, 0.6) is 0 Å². The Morgan fingerprint density at radius 3 is 2.81 bits per heavy atom. The van der Waals surface area contributed by atoms with Crippen LogP contribution in [-0.4, -0.2) is 13.6 Å². The highest BCUT2D eigenvalue weighted by molar-refractivity contribution is 6.32. The summed E-state index contributed by atoms with van der Waals surface area (Å²) in [5, 5.41) is 0. The molecule has 1 nitrogen and oxygen atoms in total. The number of hydrogen-bond donors (Lipinski definition) is 0. The molecule has 80 valence electrons. The molecule has 0 N–H and O–H groups in total. The van der Waals surface area contributed by atoms with Gasteiger partial charge in [0.1, 0.15) is 7.85 Å². The maximum Gasteiger partial charge on any atom is 0.113 e. The highest BCUT2D eigenvalue weighted by Crippen LogP contribution is 2.14. The summed E-state index contributed by atoms with van der Waals surface area (Å²) in [6.45, 7) is 7.97. The van der Waals surface area contributed by atoms with Gasteiger partial charge >= 0.3 is 0 Å². The van der Waals surface area contributed by atoms with Gasteiger partial charge in [0.15, 0.2) is 0 Å². The van der Waals surface area contributed by atoms with Crippen molar-refractivity contribution in [1.29, 1.82) is 0 Å². The molecule has 16 heavy (non-hydrogen) atoms. The summed E-state index contributed by atoms with van der Waals surface area (Å²) >= 11 is 0. The molecule has 0 unspecified atom stereocenters. The molecule has 2 radical (unpaired) electrons. The average molecular weight is 209 g/mol. The van der Waals surface area contributed by atoms with Gasteiger partial charge in [0.05, 0.1) is 0 Å². The van der Waals surface area contributed by atoms with Gasteiger partial charge in [-0.15, -0.1) is 0 Å². The first-order valence-corrected chi connectivity index (χ1v) is 5.29. The van der Waals surface area contributed by atoms with Gasteiger partial charge < -0.3 is 0 Å². The minimum absolute atomic E-state index is 0.769. The summed E-state index contributed by atoms with van der Waals surface area (Å²) in [6, 6.07) is 7.76. The zero-order valence-corrected chi connectivity index (χ0v) is 9.90. The first-order valence-electron chi connectivity index (χ1n) is 5.29. The maximum absolute atomic E-state index is 5.71. The predicted molar refractivity (Wildman–Crippen MR) is 73.4 cm³/mol. The summed E-state index contributed by atoms with van der Waals surface area (Å²) in [4.78, 5) is 4.18. The van der Waals surface area contributed by atoms with Gasteiger partial charge in [-0.3, -0.25) is 4.99 Å². The SMILES string of the molecule is [B]c1cccc(C(=C)C/C=C\N=C(C)C)c1. The van der Waals surface area contributed by atoms with E-state index in [9.17, 15) is 0 Å². The normalized spacial score (nSPS) is 10.4. The van der Waals surface area contributed by atoms with Crippen LogP contribution in [0.15, 0.2) is 48.1 Å². The molecular formula is C14H16BN. The van der Waals surface area contributed by atoms with Crippen molar-refractivity contribution in [2.75, 3.05) is 0 Å². The van der Waals surface area contributed by atoms with Crippen LogP contribution >= 0.6 is 0 Å². The van der Waals surface area contributed by atoms with E-state index in [1.165, 1.54) is 0 Å². The largest absolute Gasteiger partial charge is 0.267 e. The summed E-state index contributed by atoms with van der Waals surface area (Å²) < 4.78 is 0. The Balaban J connectivity index is 2.60. The summed E-state index contributed by atoms with van der Waals surface area (Å²) in [5.74, 6) is 0. The first-order chi connectivity index (χ1) is 7.59. The molecule has 0 amide bonds. The van der Waals surface area contributed by atoms with Crippen molar-refractivity contribution in [1.82, 2.24) is 0 Å². The number of benzene rings is 1. The van der Waals surface area contributed by atoms with Gasteiger partial charge in [0, 0.05) is 11.9 Å². The number of nitrogens with zero attached hydrogens (tertiary/aromatic N) is 1. The number of rotatable bonds is 4. The highest BCUT2D eigenvalue weighted by atomic mass is 14.7. The summed E-state index contributed by atoms with van der Waals surface area (Å²) in [5.41, 5.74) is 3.95. The number of hydrogen-bond acceptors (Lipinski definition) is 1. The lowest BCUT2D eigenvalue weighted by Crippen LogP contribution is -2.01. The molecule has 2 heteroatoms. The zero-order valence-electron chi connectivity index (χ0n) is 9.90. The third-order valence-electron chi connectivity index (χ3n) is 2.10. The fourth-order valence-corrected chi connectivity index (χ4v) is 1.27. The van der Waals surface area contributed by atoms with Crippen LogP contribution in [0.1, 0.15) is 25.8 Å². The molecule has 0 heterocycles. The van der Waals surface area contributed by atoms with Crippen molar-refractivity contribution < 1.29 is 0 Å². The van der Waals surface area contributed by atoms with E-state index in [4.69, 9.17) is 7.85 Å². The second-order valence-corrected chi connectivity index (χ2v) is 3.89. The monoisotopic (exact) mass is 209 g/mol. The molecule has 0 aliphatic carbocycles. The van der Waals surface area contributed by atoms with Gasteiger partial charge in [-0.05, 0) is 31.4 Å². The van der Waals surface area contributed by atoms with Crippen LogP contribution in [-0.2, 0) is 0 Å². The molecule has 1 rings (SSSR count). The third kappa shape index (κ3) is 4.30. The van der Waals surface area contributed by atoms with Crippen LogP contribution in [0, 0.1) is 0 Å². The topological polar surface area (TPSA) is 12.4 Å². The van der Waals surface area contributed by atoms with Crippen LogP contribution < -0.4 is 5.46 Å². The van der Waals surface area contributed by atoms with Crippen LogP contribution in [0.25, 0.3) is 5.57 Å². The van der Waals surface area contributed by atoms with Crippen LogP contribution in [0.2, 0.25) is 0 Å². The fraction of sp³-hybridized carbons (Fsp3) is 0.214. The Labute approximate surface area is 99.0 Å². The molecular weight excluding hydrogens is 193 g/mol. The molecule has 1 aromatic rings. The summed E-state index contributed by atoms with van der Waals surface area (Å²) in [6.07, 6.45) is 4.60. The van der Waals surface area contributed by atoms with E-state index in [0.717, 1.165) is 28.7 Å². The Hall–Kier alpha value is -1.57. The lowest BCUT2D eigenvalue weighted by Gasteiger charge is -2.03. The first kappa shape index (κ1) is 12.5. The van der Waals surface area contributed by atoms with Crippen molar-refractivity contribution in [2.45, 2.75) is 20.3 Å². The van der Waals surface area contributed by atoms with Gasteiger partial charge in [0.2, 0.25) is 0 Å². The minimum atomic E-state index is 0.769. The van der Waals surface area contributed by atoms with E-state index < -0.39 is 0 Å². The maximum atomic E-state index is 5.71. The smallest absolute Gasteiger partial charge is 0.113 e. The molecule has 0 saturated carbocycles. The average Bonchev–Trinajstić information content (AvgIpc) is 2.24. The van der Waals surface area contributed by atoms with Crippen molar-refractivity contribution in [3.05, 3.63) is 48.7 Å². The van der Waals surface area contributed by atoms with Crippen LogP contribution in [0.3, 0.4) is 0 Å². The number of allylic oxidation sites excluding steroid dienone is 2. The van der Waals surface area contributed by atoms with E-state index in [-0.39, 0.29) is 0 Å². The predicted octanol–water partition coefficient (Wildman–Crippen LogP) is 2.88. The molecule has 0 atom stereocenters. The third-order valence-corrected chi connectivity index (χ3v) is 2.10. The van der Waals surface area contributed by atoms with Gasteiger partial charge in [-0.2, -0.15) is 0 Å². The van der Waals surface area contributed by atoms with E-state index in [1.54, 1.807) is 0 Å². The standard InChI is InChI=1S/C14H16BN/c1-11(2)16-9-5-6-12(3)13-7-4-8-14(15)10-13/h4-5,7-10H,3,6H2,1-2H3/b9-5-. The summed E-state index contributed by atoms with van der Waals surface area (Å²) in [7, 11) is 5.71. The molecule has 0 bridgehead atoms. The Kier molecular flexibility index (Phi) is 4.78. The minimum Gasteiger partial charge on any atom is -0.267 e. The van der Waals surface area contributed by atoms with E-state index >= 15 is 0 Å². The number of aliphatic imine (C=N–C) groups is 1. The second kappa shape index (κ2) is 6.11. The molecule has 1 aromatic carbocycles. The Morgan fingerprint density at radius 2 is 2.19 bits per heavy atom. The van der Waals surface area contributed by atoms with Crippen molar-refractivity contribution in [3.8, 4) is 0 Å².